The number of likely N-dealkylation sites (N-methyl/N-ethyl adjacent to an activating group) is 1. The number of rotatable bonds is 6. The van der Waals surface area contributed by atoms with E-state index in [-0.39, 0.29) is 5.82 Å². The van der Waals surface area contributed by atoms with Crippen LogP contribution < -0.4 is 10.1 Å². The van der Waals surface area contributed by atoms with E-state index in [2.05, 4.69) is 5.32 Å². The van der Waals surface area contributed by atoms with Crippen LogP contribution in [0.4, 0.5) is 4.39 Å². The summed E-state index contributed by atoms with van der Waals surface area (Å²) >= 11 is 2.05. The van der Waals surface area contributed by atoms with Crippen molar-refractivity contribution in [3.05, 3.63) is 29.6 Å². The van der Waals surface area contributed by atoms with Crippen LogP contribution in [0.5, 0.6) is 5.75 Å². The first-order chi connectivity index (χ1) is 9.74. The predicted molar refractivity (Wildman–Crippen MR) is 84.2 cm³/mol. The molecule has 0 bridgehead atoms. The Morgan fingerprint density at radius 1 is 1.40 bits per heavy atom. The van der Waals surface area contributed by atoms with Crippen LogP contribution in [-0.2, 0) is 6.42 Å². The average Bonchev–Trinajstić information content (AvgIpc) is 2.49. The van der Waals surface area contributed by atoms with E-state index >= 15 is 0 Å². The van der Waals surface area contributed by atoms with Crippen LogP contribution in [0, 0.1) is 11.7 Å². The smallest absolute Gasteiger partial charge is 0.168 e. The number of thioether (sulfide) groups is 1. The molecular formula is C16H24FNOS. The normalized spacial score (nSPS) is 17.9. The van der Waals surface area contributed by atoms with E-state index in [0.717, 1.165) is 24.3 Å². The quantitative estimate of drug-likeness (QED) is 0.868. The summed E-state index contributed by atoms with van der Waals surface area (Å²) in [6.07, 6.45) is 4.45. The summed E-state index contributed by atoms with van der Waals surface area (Å²) in [6.45, 7) is 0. The number of ether oxygens (including phenoxy) is 1. The zero-order chi connectivity index (χ0) is 14.4. The van der Waals surface area contributed by atoms with Gasteiger partial charge in [-0.3, -0.25) is 0 Å². The molecule has 112 valence electrons. The van der Waals surface area contributed by atoms with Gasteiger partial charge in [-0.25, -0.2) is 4.39 Å². The summed E-state index contributed by atoms with van der Waals surface area (Å²) in [6, 6.07) is 5.73. The van der Waals surface area contributed by atoms with Crippen LogP contribution in [0.3, 0.4) is 0 Å². The molecule has 1 aromatic carbocycles. The Kier molecular flexibility index (Phi) is 6.17. The third-order valence-electron chi connectivity index (χ3n) is 4.10. The van der Waals surface area contributed by atoms with Crippen molar-refractivity contribution >= 4 is 11.8 Å². The molecule has 0 spiro atoms. The third kappa shape index (κ3) is 4.13. The lowest BCUT2D eigenvalue weighted by atomic mass is 9.91. The molecule has 0 amide bonds. The zero-order valence-corrected chi connectivity index (χ0v) is 13.1. The van der Waals surface area contributed by atoms with Crippen LogP contribution in [0.15, 0.2) is 18.2 Å². The van der Waals surface area contributed by atoms with Crippen LogP contribution in [0.1, 0.15) is 24.8 Å². The Morgan fingerprint density at radius 3 is 2.80 bits per heavy atom. The van der Waals surface area contributed by atoms with Crippen molar-refractivity contribution in [2.45, 2.75) is 31.7 Å². The van der Waals surface area contributed by atoms with Gasteiger partial charge in [-0.15, -0.1) is 0 Å². The summed E-state index contributed by atoms with van der Waals surface area (Å²) in [5.74, 6) is 3.45. The van der Waals surface area contributed by atoms with Crippen LogP contribution in [-0.4, -0.2) is 31.7 Å². The van der Waals surface area contributed by atoms with Gasteiger partial charge < -0.3 is 10.1 Å². The van der Waals surface area contributed by atoms with E-state index in [1.165, 1.54) is 31.5 Å². The maximum absolute atomic E-state index is 14.2. The summed E-state index contributed by atoms with van der Waals surface area (Å²) in [5.41, 5.74) is 0.744. The van der Waals surface area contributed by atoms with Crippen LogP contribution >= 0.6 is 11.8 Å². The summed E-state index contributed by atoms with van der Waals surface area (Å²) in [4.78, 5) is 0. The minimum Gasteiger partial charge on any atom is -0.494 e. The molecule has 2 rings (SSSR count). The standard InChI is InChI=1S/C16H24FNOS/c1-18-14(10-12-6-8-20-9-7-12)11-13-4-3-5-15(19-2)16(13)17/h3-5,12,14,18H,6-11H2,1-2H3. The van der Waals surface area contributed by atoms with Crippen molar-refractivity contribution in [1.82, 2.24) is 5.32 Å². The first kappa shape index (κ1) is 15.6. The Hall–Kier alpha value is -0.740. The Balaban J connectivity index is 1.98. The molecule has 20 heavy (non-hydrogen) atoms. The monoisotopic (exact) mass is 297 g/mol. The molecule has 1 aliphatic heterocycles. The Morgan fingerprint density at radius 2 is 2.15 bits per heavy atom. The molecule has 0 saturated carbocycles. The molecule has 1 saturated heterocycles. The van der Waals surface area contributed by atoms with Crippen LogP contribution in [0.25, 0.3) is 0 Å². The minimum atomic E-state index is -0.213. The second kappa shape index (κ2) is 7.89. The number of hydrogen-bond donors (Lipinski definition) is 1. The fourth-order valence-electron chi connectivity index (χ4n) is 2.82. The van der Waals surface area contributed by atoms with Gasteiger partial charge in [0.25, 0.3) is 0 Å². The van der Waals surface area contributed by atoms with Gasteiger partial charge in [0, 0.05) is 6.04 Å². The lowest BCUT2D eigenvalue weighted by Gasteiger charge is -2.26. The minimum absolute atomic E-state index is 0.213. The van der Waals surface area contributed by atoms with Gasteiger partial charge in [0.1, 0.15) is 0 Å². The summed E-state index contributed by atoms with van der Waals surface area (Å²) in [5, 5.41) is 3.35. The lowest BCUT2D eigenvalue weighted by molar-refractivity contribution is 0.365. The summed E-state index contributed by atoms with van der Waals surface area (Å²) < 4.78 is 19.2. The van der Waals surface area contributed by atoms with E-state index in [1.54, 1.807) is 6.07 Å². The SMILES string of the molecule is CNC(Cc1cccc(OC)c1F)CC1CCSCC1. The zero-order valence-electron chi connectivity index (χ0n) is 12.3. The molecule has 2 nitrogen and oxygen atoms in total. The van der Waals surface area contributed by atoms with Gasteiger partial charge in [0.15, 0.2) is 11.6 Å². The average molecular weight is 297 g/mol. The highest BCUT2D eigenvalue weighted by atomic mass is 32.2. The highest BCUT2D eigenvalue weighted by Gasteiger charge is 2.20. The molecule has 0 aliphatic carbocycles. The van der Waals surface area contributed by atoms with Gasteiger partial charge >= 0.3 is 0 Å². The first-order valence-corrected chi connectivity index (χ1v) is 8.46. The van der Waals surface area contributed by atoms with Crippen molar-refractivity contribution in [3.8, 4) is 5.75 Å². The maximum Gasteiger partial charge on any atom is 0.168 e. The van der Waals surface area contributed by atoms with E-state index < -0.39 is 0 Å². The van der Waals surface area contributed by atoms with E-state index in [1.807, 2.05) is 30.9 Å². The Bertz CT molecular complexity index is 421. The largest absolute Gasteiger partial charge is 0.494 e. The highest BCUT2D eigenvalue weighted by Crippen LogP contribution is 2.28. The molecule has 1 unspecified atom stereocenters. The molecule has 1 aromatic rings. The van der Waals surface area contributed by atoms with Crippen molar-refractivity contribution in [1.29, 1.82) is 0 Å². The number of methoxy groups -OCH3 is 1. The van der Waals surface area contributed by atoms with Crippen molar-refractivity contribution in [3.63, 3.8) is 0 Å². The number of hydrogen-bond acceptors (Lipinski definition) is 3. The number of benzene rings is 1. The van der Waals surface area contributed by atoms with Gasteiger partial charge in [-0.1, -0.05) is 12.1 Å². The number of nitrogens with one attached hydrogen (secondary N) is 1. The molecule has 1 N–H and O–H groups in total. The molecule has 0 radical (unpaired) electrons. The molecular weight excluding hydrogens is 273 g/mol. The molecule has 1 aliphatic rings. The van der Waals surface area contributed by atoms with Crippen molar-refractivity contribution in [2.75, 3.05) is 25.7 Å². The van der Waals surface area contributed by atoms with Crippen molar-refractivity contribution in [2.24, 2.45) is 5.92 Å². The predicted octanol–water partition coefficient (Wildman–Crippen LogP) is 3.50. The molecule has 0 aromatic heterocycles. The second-order valence-corrected chi connectivity index (χ2v) is 6.64. The number of halogens is 1. The lowest BCUT2D eigenvalue weighted by Crippen LogP contribution is -2.31. The highest BCUT2D eigenvalue weighted by molar-refractivity contribution is 7.99. The Labute approximate surface area is 125 Å². The van der Waals surface area contributed by atoms with E-state index in [9.17, 15) is 4.39 Å². The van der Waals surface area contributed by atoms with Gasteiger partial charge in [-0.2, -0.15) is 11.8 Å². The van der Waals surface area contributed by atoms with Crippen LogP contribution in [0.2, 0.25) is 0 Å². The maximum atomic E-state index is 14.2. The fraction of sp³-hybridized carbons (Fsp3) is 0.625. The second-order valence-electron chi connectivity index (χ2n) is 5.41. The van der Waals surface area contributed by atoms with Gasteiger partial charge in [0.05, 0.1) is 7.11 Å². The topological polar surface area (TPSA) is 21.3 Å². The third-order valence-corrected chi connectivity index (χ3v) is 5.15. The molecule has 1 heterocycles. The van der Waals surface area contributed by atoms with E-state index in [4.69, 9.17) is 4.74 Å². The first-order valence-electron chi connectivity index (χ1n) is 7.31. The molecule has 1 fully saturated rings. The molecule has 1 atom stereocenters. The fourth-order valence-corrected chi connectivity index (χ4v) is 4.03. The summed E-state index contributed by atoms with van der Waals surface area (Å²) in [7, 11) is 3.48. The van der Waals surface area contributed by atoms with Gasteiger partial charge in [-0.05, 0) is 61.8 Å². The molecule has 4 heteroatoms. The van der Waals surface area contributed by atoms with Gasteiger partial charge in [0.2, 0.25) is 0 Å². The van der Waals surface area contributed by atoms with E-state index in [0.29, 0.717) is 11.8 Å². The van der Waals surface area contributed by atoms with Crippen molar-refractivity contribution < 1.29 is 9.13 Å².